The van der Waals surface area contributed by atoms with Gasteiger partial charge in [0.05, 0.1) is 22.0 Å². The quantitative estimate of drug-likeness (QED) is 0.799. The number of imidazole rings is 1. The van der Waals surface area contributed by atoms with Gasteiger partial charge >= 0.3 is 0 Å². The van der Waals surface area contributed by atoms with E-state index in [1.54, 1.807) is 35.8 Å². The second-order valence-electron chi connectivity index (χ2n) is 5.50. The van der Waals surface area contributed by atoms with Gasteiger partial charge in [-0.15, -0.1) is 0 Å². The molecule has 0 saturated carbocycles. The van der Waals surface area contributed by atoms with Crippen molar-refractivity contribution < 1.29 is 12.8 Å². The minimum atomic E-state index is -3.33. The first kappa shape index (κ1) is 15.6. The van der Waals surface area contributed by atoms with Gasteiger partial charge in [-0.05, 0) is 37.3 Å². The molecule has 0 radical (unpaired) electrons. The van der Waals surface area contributed by atoms with Gasteiger partial charge in [0, 0.05) is 18.0 Å². The van der Waals surface area contributed by atoms with Crippen molar-refractivity contribution in [1.29, 1.82) is 0 Å². The summed E-state index contributed by atoms with van der Waals surface area (Å²) in [6, 6.07) is 10.4. The summed E-state index contributed by atoms with van der Waals surface area (Å²) in [5.74, 6) is 0.152. The second kappa shape index (κ2) is 5.43. The van der Waals surface area contributed by atoms with Crippen LogP contribution in [0.4, 0.5) is 4.39 Å². The predicted molar refractivity (Wildman–Crippen MR) is 86.7 cm³/mol. The molecule has 7 heteroatoms. The van der Waals surface area contributed by atoms with Gasteiger partial charge < -0.3 is 5.73 Å². The highest BCUT2D eigenvalue weighted by Crippen LogP contribution is 2.26. The molecule has 23 heavy (non-hydrogen) atoms. The molecule has 0 aliphatic heterocycles. The van der Waals surface area contributed by atoms with Gasteiger partial charge in [-0.25, -0.2) is 17.8 Å². The van der Waals surface area contributed by atoms with Crippen molar-refractivity contribution in [3.63, 3.8) is 0 Å². The first-order chi connectivity index (χ1) is 10.8. The maximum absolute atomic E-state index is 13.4. The molecule has 1 aromatic heterocycles. The number of benzene rings is 2. The van der Waals surface area contributed by atoms with Crippen molar-refractivity contribution in [1.82, 2.24) is 9.55 Å². The van der Waals surface area contributed by atoms with Gasteiger partial charge in [0.1, 0.15) is 11.6 Å². The van der Waals surface area contributed by atoms with Gasteiger partial charge in [-0.3, -0.25) is 4.57 Å². The molecule has 2 aromatic carbocycles. The lowest BCUT2D eigenvalue weighted by Crippen LogP contribution is -2.12. The van der Waals surface area contributed by atoms with Crippen molar-refractivity contribution in [2.45, 2.75) is 17.9 Å². The Kier molecular flexibility index (Phi) is 3.69. The first-order valence-electron chi connectivity index (χ1n) is 7.01. The number of fused-ring (bicyclic) bond motifs is 1. The van der Waals surface area contributed by atoms with E-state index < -0.39 is 15.9 Å². The molecule has 0 unspecified atom stereocenters. The Morgan fingerprint density at radius 3 is 2.61 bits per heavy atom. The standard InChI is InChI=1S/C16H16FN3O2S/c1-10(18)16-19-14-8-11(17)6-7-15(14)20(16)12-4-3-5-13(9-12)23(2,21)22/h3-10H,18H2,1-2H3/t10-/m0/s1. The highest BCUT2D eigenvalue weighted by atomic mass is 32.2. The van der Waals surface area contributed by atoms with Crippen molar-refractivity contribution in [3.05, 3.63) is 54.1 Å². The number of aromatic nitrogens is 2. The Balaban J connectivity index is 2.33. The lowest BCUT2D eigenvalue weighted by Gasteiger charge is -2.12. The van der Waals surface area contributed by atoms with E-state index >= 15 is 0 Å². The third kappa shape index (κ3) is 2.85. The van der Waals surface area contributed by atoms with Crippen LogP contribution in [0.25, 0.3) is 16.7 Å². The molecule has 0 aliphatic rings. The van der Waals surface area contributed by atoms with E-state index in [-0.39, 0.29) is 10.7 Å². The van der Waals surface area contributed by atoms with Crippen LogP contribution in [0.3, 0.4) is 0 Å². The smallest absolute Gasteiger partial charge is 0.175 e. The average Bonchev–Trinajstić information content (AvgIpc) is 2.85. The number of rotatable bonds is 3. The summed E-state index contributed by atoms with van der Waals surface area (Å²) in [5, 5.41) is 0. The van der Waals surface area contributed by atoms with Crippen LogP contribution in [0.15, 0.2) is 47.4 Å². The van der Waals surface area contributed by atoms with Crippen molar-refractivity contribution >= 4 is 20.9 Å². The average molecular weight is 333 g/mol. The number of hydrogen-bond acceptors (Lipinski definition) is 4. The zero-order valence-electron chi connectivity index (χ0n) is 12.7. The molecular formula is C16H16FN3O2S. The van der Waals surface area contributed by atoms with E-state index in [4.69, 9.17) is 5.73 Å². The van der Waals surface area contributed by atoms with E-state index in [0.717, 1.165) is 6.26 Å². The van der Waals surface area contributed by atoms with Crippen molar-refractivity contribution in [3.8, 4) is 5.69 Å². The van der Waals surface area contributed by atoms with Gasteiger partial charge in [0.2, 0.25) is 0 Å². The topological polar surface area (TPSA) is 78.0 Å². The largest absolute Gasteiger partial charge is 0.322 e. The number of nitrogens with zero attached hydrogens (tertiary/aromatic N) is 2. The van der Waals surface area contributed by atoms with Crippen LogP contribution < -0.4 is 5.73 Å². The fourth-order valence-corrected chi connectivity index (χ4v) is 3.16. The molecule has 0 spiro atoms. The third-order valence-corrected chi connectivity index (χ3v) is 4.66. The number of halogens is 1. The molecular weight excluding hydrogens is 317 g/mol. The third-order valence-electron chi connectivity index (χ3n) is 3.55. The summed E-state index contributed by atoms with van der Waals surface area (Å²) in [4.78, 5) is 4.59. The minimum Gasteiger partial charge on any atom is -0.322 e. The summed E-state index contributed by atoms with van der Waals surface area (Å²) in [7, 11) is -3.33. The van der Waals surface area contributed by atoms with Gasteiger partial charge in [-0.1, -0.05) is 6.07 Å². The molecule has 2 N–H and O–H groups in total. The molecule has 120 valence electrons. The number of sulfone groups is 1. The molecule has 0 bridgehead atoms. The first-order valence-corrected chi connectivity index (χ1v) is 8.90. The fraction of sp³-hybridized carbons (Fsp3) is 0.188. The second-order valence-corrected chi connectivity index (χ2v) is 7.51. The molecule has 3 rings (SSSR count). The summed E-state index contributed by atoms with van der Waals surface area (Å²) in [6.07, 6.45) is 1.15. The van der Waals surface area contributed by atoms with Crippen LogP contribution in [0.2, 0.25) is 0 Å². The SMILES string of the molecule is C[C@H](N)c1nc2cc(F)ccc2n1-c1cccc(S(C)(=O)=O)c1. The molecule has 0 amide bonds. The monoisotopic (exact) mass is 333 g/mol. The van der Waals surface area contributed by atoms with Crippen molar-refractivity contribution in [2.24, 2.45) is 5.73 Å². The number of hydrogen-bond donors (Lipinski definition) is 1. The van der Waals surface area contributed by atoms with E-state index in [1.165, 1.54) is 18.2 Å². The van der Waals surface area contributed by atoms with E-state index in [1.807, 2.05) is 0 Å². The molecule has 1 atom stereocenters. The van der Waals surface area contributed by atoms with Crippen LogP contribution in [0, 0.1) is 5.82 Å². The van der Waals surface area contributed by atoms with E-state index in [2.05, 4.69) is 4.98 Å². The Morgan fingerprint density at radius 2 is 1.96 bits per heavy atom. The zero-order valence-corrected chi connectivity index (χ0v) is 13.5. The molecule has 5 nitrogen and oxygen atoms in total. The lowest BCUT2D eigenvalue weighted by atomic mass is 10.2. The van der Waals surface area contributed by atoms with Gasteiger partial charge in [-0.2, -0.15) is 0 Å². The summed E-state index contributed by atoms with van der Waals surface area (Å²) in [6.45, 7) is 1.77. The Labute approximate surface area is 133 Å². The van der Waals surface area contributed by atoms with E-state index in [9.17, 15) is 12.8 Å². The molecule has 0 fully saturated rings. The lowest BCUT2D eigenvalue weighted by molar-refractivity contribution is 0.601. The summed E-state index contributed by atoms with van der Waals surface area (Å²) < 4.78 is 38.8. The Morgan fingerprint density at radius 1 is 1.22 bits per heavy atom. The fourth-order valence-electron chi connectivity index (χ4n) is 2.50. The molecule has 0 aliphatic carbocycles. The minimum absolute atomic E-state index is 0.203. The zero-order chi connectivity index (χ0) is 16.8. The van der Waals surface area contributed by atoms with Crippen LogP contribution in [-0.4, -0.2) is 24.2 Å². The normalized spacial score (nSPS) is 13.4. The van der Waals surface area contributed by atoms with Crippen LogP contribution in [0.5, 0.6) is 0 Å². The molecule has 1 heterocycles. The van der Waals surface area contributed by atoms with Gasteiger partial charge in [0.15, 0.2) is 9.84 Å². The van der Waals surface area contributed by atoms with E-state index in [0.29, 0.717) is 22.5 Å². The maximum Gasteiger partial charge on any atom is 0.175 e. The van der Waals surface area contributed by atoms with Crippen LogP contribution in [0.1, 0.15) is 18.8 Å². The van der Waals surface area contributed by atoms with Gasteiger partial charge in [0.25, 0.3) is 0 Å². The predicted octanol–water partition coefficient (Wildman–Crippen LogP) is 2.59. The summed E-state index contributed by atoms with van der Waals surface area (Å²) in [5.41, 5.74) is 7.75. The van der Waals surface area contributed by atoms with Crippen LogP contribution >= 0.6 is 0 Å². The van der Waals surface area contributed by atoms with Crippen LogP contribution in [-0.2, 0) is 9.84 Å². The van der Waals surface area contributed by atoms with Crippen molar-refractivity contribution in [2.75, 3.05) is 6.26 Å². The highest BCUT2D eigenvalue weighted by Gasteiger charge is 2.17. The maximum atomic E-state index is 13.4. The summed E-state index contributed by atoms with van der Waals surface area (Å²) >= 11 is 0. The molecule has 0 saturated heterocycles. The highest BCUT2D eigenvalue weighted by molar-refractivity contribution is 7.90. The Bertz CT molecular complexity index is 994. The molecule has 3 aromatic rings. The Hall–Kier alpha value is -2.25. The number of nitrogens with two attached hydrogens (primary N) is 1.